The van der Waals surface area contributed by atoms with E-state index in [1.54, 1.807) is 0 Å². The van der Waals surface area contributed by atoms with Crippen molar-refractivity contribution in [2.75, 3.05) is 4.90 Å². The van der Waals surface area contributed by atoms with Gasteiger partial charge in [0.05, 0.1) is 0 Å². The molecule has 3 aliphatic carbocycles. The number of anilines is 3. The highest BCUT2D eigenvalue weighted by molar-refractivity contribution is 6.00. The molecule has 3 aliphatic rings. The van der Waals surface area contributed by atoms with E-state index in [9.17, 15) is 0 Å². The molecule has 0 radical (unpaired) electrons. The molecule has 0 saturated heterocycles. The molecule has 1 nitrogen and oxygen atoms in total. The summed E-state index contributed by atoms with van der Waals surface area (Å²) in [6.45, 7) is 14.5. The average molecular weight is 770 g/mol. The lowest BCUT2D eigenvalue weighted by Gasteiger charge is -2.31. The van der Waals surface area contributed by atoms with E-state index < -0.39 is 0 Å². The quantitative estimate of drug-likeness (QED) is 0.172. The lowest BCUT2D eigenvalue weighted by molar-refractivity contribution is 0.602. The zero-order valence-corrected chi connectivity index (χ0v) is 35.2. The minimum absolute atomic E-state index is 0.0983. The Kier molecular flexibility index (Phi) is 7.16. The van der Waals surface area contributed by atoms with Gasteiger partial charge in [0.25, 0.3) is 0 Å². The maximum absolute atomic E-state index is 2.50. The van der Waals surface area contributed by atoms with Crippen LogP contribution in [0.1, 0.15) is 74.9 Å². The topological polar surface area (TPSA) is 3.24 Å². The van der Waals surface area contributed by atoms with E-state index in [0.717, 1.165) is 11.4 Å². The van der Waals surface area contributed by atoms with Gasteiger partial charge in [0.1, 0.15) is 0 Å². The normalized spacial score (nSPS) is 15.6. The molecule has 0 N–H and O–H groups in total. The predicted molar refractivity (Wildman–Crippen MR) is 254 cm³/mol. The SMILES string of the molecule is CC1(C)c2ccccc2-c2ccc(N(c3ccc(-c4ccccc4)cc3)c3ccc4cc5c(cc4c3)C(C)(C)c3c-5ccc4c3C(C)(C)c3cc5ccccc5cc3-4)cc21. The smallest absolute Gasteiger partial charge is 0.0468 e. The van der Waals surface area contributed by atoms with E-state index in [1.165, 1.54) is 105 Å². The third-order valence-corrected chi connectivity index (χ3v) is 14.5. The number of fused-ring (bicyclic) bond motifs is 12. The molecule has 0 saturated carbocycles. The van der Waals surface area contributed by atoms with Crippen LogP contribution in [-0.4, -0.2) is 0 Å². The molecule has 9 aromatic rings. The predicted octanol–water partition coefficient (Wildman–Crippen LogP) is 16.0. The number of benzene rings is 9. The molecule has 12 rings (SSSR count). The van der Waals surface area contributed by atoms with E-state index >= 15 is 0 Å². The Morgan fingerprint density at radius 3 is 1.43 bits per heavy atom. The van der Waals surface area contributed by atoms with Gasteiger partial charge in [0, 0.05) is 33.3 Å². The van der Waals surface area contributed by atoms with Crippen molar-refractivity contribution < 1.29 is 0 Å². The van der Waals surface area contributed by atoms with Crippen molar-refractivity contribution >= 4 is 38.6 Å². The van der Waals surface area contributed by atoms with Crippen LogP contribution >= 0.6 is 0 Å². The standard InChI is InChI=1S/C59H47N/c1-57(2)51-19-13-12-18-45(51)46-27-26-44(35-54(46)57)60(42-23-20-37(21-24-42)36-14-8-7-9-15-36)43-25-22-40-32-50-48-29-28-47-49-31-38-16-10-11-17-39(38)33-52(49)58(3,4)55(47)56(48)59(5,6)53(50)34-41(40)30-43/h7-35H,1-6H3. The van der Waals surface area contributed by atoms with Gasteiger partial charge in [-0.3, -0.25) is 0 Å². The molecule has 0 bridgehead atoms. The third kappa shape index (κ3) is 4.81. The van der Waals surface area contributed by atoms with E-state index in [2.05, 4.69) is 222 Å². The number of hydrogen-bond donors (Lipinski definition) is 0. The summed E-state index contributed by atoms with van der Waals surface area (Å²) in [7, 11) is 0. The first-order valence-electron chi connectivity index (χ1n) is 21.5. The van der Waals surface area contributed by atoms with Crippen molar-refractivity contribution in [3.8, 4) is 44.5 Å². The molecule has 1 heteroatoms. The van der Waals surface area contributed by atoms with Crippen molar-refractivity contribution in [1.29, 1.82) is 0 Å². The summed E-state index contributed by atoms with van der Waals surface area (Å²) in [6, 6.07) is 66.3. The van der Waals surface area contributed by atoms with E-state index in [4.69, 9.17) is 0 Å². The van der Waals surface area contributed by atoms with Crippen LogP contribution < -0.4 is 4.90 Å². The molecule has 0 aromatic heterocycles. The lowest BCUT2D eigenvalue weighted by atomic mass is 9.72. The summed E-state index contributed by atoms with van der Waals surface area (Å²) in [6.07, 6.45) is 0. The second-order valence-corrected chi connectivity index (χ2v) is 19.0. The van der Waals surface area contributed by atoms with Gasteiger partial charge in [-0.2, -0.15) is 0 Å². The molecule has 288 valence electrons. The van der Waals surface area contributed by atoms with Gasteiger partial charge in [-0.15, -0.1) is 0 Å². The van der Waals surface area contributed by atoms with Crippen molar-refractivity contribution in [3.05, 3.63) is 209 Å². The zero-order chi connectivity index (χ0) is 40.7. The van der Waals surface area contributed by atoms with Crippen LogP contribution in [0, 0.1) is 0 Å². The van der Waals surface area contributed by atoms with Gasteiger partial charge >= 0.3 is 0 Å². The molecule has 0 spiro atoms. The molecule has 0 heterocycles. The fourth-order valence-electron chi connectivity index (χ4n) is 11.5. The molecule has 0 amide bonds. The second kappa shape index (κ2) is 12.2. The minimum atomic E-state index is -0.174. The monoisotopic (exact) mass is 769 g/mol. The molecular formula is C59H47N. The molecule has 9 aromatic carbocycles. The Hall–Kier alpha value is -6.70. The third-order valence-electron chi connectivity index (χ3n) is 14.5. The summed E-state index contributed by atoms with van der Waals surface area (Å²) in [5.41, 5.74) is 22.3. The summed E-state index contributed by atoms with van der Waals surface area (Å²) < 4.78 is 0. The van der Waals surface area contributed by atoms with E-state index in [0.29, 0.717) is 0 Å². The van der Waals surface area contributed by atoms with Crippen molar-refractivity contribution in [2.45, 2.75) is 57.8 Å². The Labute approximate surface area is 353 Å². The summed E-state index contributed by atoms with van der Waals surface area (Å²) in [4.78, 5) is 2.46. The molecule has 60 heavy (non-hydrogen) atoms. The maximum Gasteiger partial charge on any atom is 0.0468 e. The number of hydrogen-bond acceptors (Lipinski definition) is 1. The van der Waals surface area contributed by atoms with Gasteiger partial charge in [0.2, 0.25) is 0 Å². The fourth-order valence-corrected chi connectivity index (χ4v) is 11.5. The minimum Gasteiger partial charge on any atom is -0.310 e. The summed E-state index contributed by atoms with van der Waals surface area (Å²) in [5, 5.41) is 5.14. The van der Waals surface area contributed by atoms with Crippen LogP contribution in [-0.2, 0) is 16.2 Å². The van der Waals surface area contributed by atoms with Crippen LogP contribution in [0.25, 0.3) is 66.1 Å². The van der Waals surface area contributed by atoms with Crippen LogP contribution in [0.5, 0.6) is 0 Å². The van der Waals surface area contributed by atoms with Crippen molar-refractivity contribution in [2.24, 2.45) is 0 Å². The highest BCUT2D eigenvalue weighted by Gasteiger charge is 2.46. The van der Waals surface area contributed by atoms with Gasteiger partial charge in [0.15, 0.2) is 0 Å². The first kappa shape index (κ1) is 35.3. The Balaban J connectivity index is 1.00. The Morgan fingerprint density at radius 1 is 0.283 bits per heavy atom. The first-order valence-corrected chi connectivity index (χ1v) is 21.5. The Bertz CT molecular complexity index is 3270. The molecular weight excluding hydrogens is 723 g/mol. The molecule has 0 fully saturated rings. The molecule has 0 atom stereocenters. The number of rotatable bonds is 4. The van der Waals surface area contributed by atoms with Crippen molar-refractivity contribution in [3.63, 3.8) is 0 Å². The molecule has 0 aliphatic heterocycles. The number of nitrogens with zero attached hydrogens (tertiary/aromatic N) is 1. The van der Waals surface area contributed by atoms with E-state index in [1.807, 2.05) is 0 Å². The van der Waals surface area contributed by atoms with Crippen LogP contribution in [0.2, 0.25) is 0 Å². The zero-order valence-electron chi connectivity index (χ0n) is 35.2. The maximum atomic E-state index is 2.50. The highest BCUT2D eigenvalue weighted by atomic mass is 15.1. The first-order chi connectivity index (χ1) is 29.0. The van der Waals surface area contributed by atoms with Crippen LogP contribution in [0.4, 0.5) is 17.1 Å². The van der Waals surface area contributed by atoms with Gasteiger partial charge in [-0.05, 0) is 160 Å². The van der Waals surface area contributed by atoms with Gasteiger partial charge in [-0.25, -0.2) is 0 Å². The molecule has 0 unspecified atom stereocenters. The van der Waals surface area contributed by atoms with E-state index in [-0.39, 0.29) is 16.2 Å². The summed E-state index contributed by atoms with van der Waals surface area (Å²) in [5.74, 6) is 0. The average Bonchev–Trinajstić information content (AvgIpc) is 3.74. The lowest BCUT2D eigenvalue weighted by Crippen LogP contribution is -2.24. The van der Waals surface area contributed by atoms with Crippen LogP contribution in [0.3, 0.4) is 0 Å². The Morgan fingerprint density at radius 2 is 0.750 bits per heavy atom. The fraction of sp³-hybridized carbons (Fsp3) is 0.153. The second-order valence-electron chi connectivity index (χ2n) is 19.0. The van der Waals surface area contributed by atoms with Gasteiger partial charge < -0.3 is 4.90 Å². The van der Waals surface area contributed by atoms with Crippen LogP contribution in [0.15, 0.2) is 176 Å². The van der Waals surface area contributed by atoms with Crippen molar-refractivity contribution in [1.82, 2.24) is 0 Å². The summed E-state index contributed by atoms with van der Waals surface area (Å²) >= 11 is 0. The highest BCUT2D eigenvalue weighted by Crippen LogP contribution is 2.60. The largest absolute Gasteiger partial charge is 0.310 e. The van der Waals surface area contributed by atoms with Gasteiger partial charge in [-0.1, -0.05) is 157 Å².